The quantitative estimate of drug-likeness (QED) is 0.754. The van der Waals surface area contributed by atoms with Gasteiger partial charge in [-0.25, -0.2) is 4.79 Å². The molecular weight excluding hydrogens is 232 g/mol. The maximum absolute atomic E-state index is 12.5. The first kappa shape index (κ1) is 11.7. The summed E-state index contributed by atoms with van der Waals surface area (Å²) < 4.78 is 0. The van der Waals surface area contributed by atoms with Crippen LogP contribution in [0.2, 0.25) is 0 Å². The Morgan fingerprint density at radius 1 is 1.17 bits per heavy atom. The summed E-state index contributed by atoms with van der Waals surface area (Å²) in [7, 11) is 0. The van der Waals surface area contributed by atoms with Crippen LogP contribution in [0.15, 0.2) is 0 Å². The zero-order valence-electron chi connectivity index (χ0n) is 10.6. The molecule has 0 aromatic rings. The molecule has 1 unspecified atom stereocenters. The van der Waals surface area contributed by atoms with Gasteiger partial charge in [-0.3, -0.25) is 19.8 Å². The minimum absolute atomic E-state index is 0.121. The number of hydrogen-bond donors (Lipinski definition) is 1. The normalized spacial score (nSPS) is 31.7. The molecule has 5 heteroatoms. The van der Waals surface area contributed by atoms with Gasteiger partial charge >= 0.3 is 6.03 Å². The third kappa shape index (κ3) is 1.64. The first-order valence-electron chi connectivity index (χ1n) is 6.72. The van der Waals surface area contributed by atoms with Gasteiger partial charge in [0.2, 0.25) is 11.8 Å². The molecule has 0 aromatic heterocycles. The summed E-state index contributed by atoms with van der Waals surface area (Å²) in [6.45, 7) is 1.91. The molecule has 3 rings (SSSR count). The maximum Gasteiger partial charge on any atom is 0.331 e. The van der Waals surface area contributed by atoms with Gasteiger partial charge in [-0.1, -0.05) is 12.8 Å². The Labute approximate surface area is 106 Å². The van der Waals surface area contributed by atoms with E-state index in [9.17, 15) is 14.4 Å². The van der Waals surface area contributed by atoms with E-state index in [0.29, 0.717) is 0 Å². The number of amides is 4. The van der Waals surface area contributed by atoms with Crippen molar-refractivity contribution in [2.45, 2.75) is 51.0 Å². The minimum atomic E-state index is -0.636. The molecule has 0 aromatic carbocycles. The van der Waals surface area contributed by atoms with Crippen LogP contribution in [-0.4, -0.2) is 28.3 Å². The Morgan fingerprint density at radius 3 is 2.33 bits per heavy atom. The topological polar surface area (TPSA) is 66.5 Å². The Balaban J connectivity index is 1.87. The molecule has 1 N–H and O–H groups in total. The predicted molar refractivity (Wildman–Crippen MR) is 63.5 cm³/mol. The Bertz CT molecular complexity index is 422. The molecule has 98 valence electrons. The van der Waals surface area contributed by atoms with E-state index in [4.69, 9.17) is 0 Å². The van der Waals surface area contributed by atoms with Crippen molar-refractivity contribution in [2.75, 3.05) is 0 Å². The van der Waals surface area contributed by atoms with E-state index in [1.165, 1.54) is 4.90 Å². The Kier molecular flexibility index (Phi) is 2.47. The number of carbonyl (C=O) groups excluding carboxylic acids is 3. The molecule has 1 aliphatic heterocycles. The van der Waals surface area contributed by atoms with Crippen molar-refractivity contribution in [3.8, 4) is 0 Å². The molecule has 1 atom stereocenters. The van der Waals surface area contributed by atoms with Crippen LogP contribution >= 0.6 is 0 Å². The number of rotatable bonds is 2. The fraction of sp³-hybridized carbons (Fsp3) is 0.769. The first-order chi connectivity index (χ1) is 8.53. The summed E-state index contributed by atoms with van der Waals surface area (Å²) in [5.41, 5.74) is -0.348. The largest absolute Gasteiger partial charge is 0.331 e. The number of hydrogen-bond acceptors (Lipinski definition) is 3. The van der Waals surface area contributed by atoms with Crippen molar-refractivity contribution in [3.63, 3.8) is 0 Å². The first-order valence-corrected chi connectivity index (χ1v) is 6.72. The lowest BCUT2D eigenvalue weighted by Crippen LogP contribution is -2.62. The third-order valence-corrected chi connectivity index (χ3v) is 4.59. The molecule has 0 radical (unpaired) electrons. The monoisotopic (exact) mass is 250 g/mol. The summed E-state index contributed by atoms with van der Waals surface area (Å²) in [5.74, 6) is -1.17. The zero-order valence-corrected chi connectivity index (χ0v) is 10.6. The molecule has 3 fully saturated rings. The summed E-state index contributed by atoms with van der Waals surface area (Å²) >= 11 is 0. The lowest BCUT2D eigenvalue weighted by atomic mass is 9.87. The standard InChI is InChI=1S/C13H18N2O3/c1-13(6-7-13)15-11(17)9(8-4-2-3-5-8)10(16)14-12(15)18/h8-9H,2-7H2,1H3,(H,14,16,18). The number of nitrogens with one attached hydrogen (secondary N) is 1. The number of carbonyl (C=O) groups is 3. The van der Waals surface area contributed by atoms with Gasteiger partial charge in [0, 0.05) is 5.54 Å². The number of nitrogens with zero attached hydrogens (tertiary/aromatic N) is 1. The van der Waals surface area contributed by atoms with Crippen molar-refractivity contribution in [1.29, 1.82) is 0 Å². The summed E-state index contributed by atoms with van der Waals surface area (Å²) in [4.78, 5) is 37.5. The summed E-state index contributed by atoms with van der Waals surface area (Å²) in [6.07, 6.45) is 5.68. The van der Waals surface area contributed by atoms with Gasteiger partial charge in [-0.15, -0.1) is 0 Å². The van der Waals surface area contributed by atoms with E-state index >= 15 is 0 Å². The molecule has 1 heterocycles. The van der Waals surface area contributed by atoms with E-state index < -0.39 is 17.9 Å². The van der Waals surface area contributed by atoms with Gasteiger partial charge in [-0.05, 0) is 38.5 Å². The third-order valence-electron chi connectivity index (χ3n) is 4.59. The van der Waals surface area contributed by atoms with Crippen molar-refractivity contribution in [3.05, 3.63) is 0 Å². The van der Waals surface area contributed by atoms with Gasteiger partial charge < -0.3 is 0 Å². The smallest absolute Gasteiger partial charge is 0.277 e. The lowest BCUT2D eigenvalue weighted by Gasteiger charge is -2.36. The van der Waals surface area contributed by atoms with Gasteiger partial charge in [0.05, 0.1) is 0 Å². The molecule has 1 saturated heterocycles. The SMILES string of the molecule is CC1(N2C(=O)NC(=O)C(C3CCCC3)C2=O)CC1. The van der Waals surface area contributed by atoms with Crippen molar-refractivity contribution in [2.24, 2.45) is 11.8 Å². The number of urea groups is 1. The molecule has 0 bridgehead atoms. The Hall–Kier alpha value is -1.39. The highest BCUT2D eigenvalue weighted by Gasteiger charge is 2.55. The summed E-state index contributed by atoms with van der Waals surface area (Å²) in [5, 5.41) is 2.36. The minimum Gasteiger partial charge on any atom is -0.277 e. The van der Waals surface area contributed by atoms with E-state index in [1.54, 1.807) is 0 Å². The highest BCUT2D eigenvalue weighted by Crippen LogP contribution is 2.44. The van der Waals surface area contributed by atoms with E-state index in [-0.39, 0.29) is 17.4 Å². The molecule has 3 aliphatic rings. The number of imide groups is 2. The number of barbiturate groups is 1. The van der Waals surface area contributed by atoms with Crippen molar-refractivity contribution in [1.82, 2.24) is 10.2 Å². The van der Waals surface area contributed by atoms with Crippen molar-refractivity contribution >= 4 is 17.8 Å². The lowest BCUT2D eigenvalue weighted by molar-refractivity contribution is -0.146. The molecule has 0 spiro atoms. The molecule has 2 aliphatic carbocycles. The second-order valence-electron chi connectivity index (χ2n) is 5.99. The fourth-order valence-electron chi connectivity index (χ4n) is 3.21. The van der Waals surface area contributed by atoms with Gasteiger partial charge in [0.15, 0.2) is 0 Å². The predicted octanol–water partition coefficient (Wildman–Crippen LogP) is 1.42. The van der Waals surface area contributed by atoms with Crippen molar-refractivity contribution < 1.29 is 14.4 Å². The average Bonchev–Trinajstić information content (AvgIpc) is 2.81. The van der Waals surface area contributed by atoms with Crippen LogP contribution < -0.4 is 5.32 Å². The van der Waals surface area contributed by atoms with Crippen LogP contribution in [-0.2, 0) is 9.59 Å². The Morgan fingerprint density at radius 2 is 1.78 bits per heavy atom. The van der Waals surface area contributed by atoms with E-state index in [1.807, 2.05) is 6.92 Å². The average molecular weight is 250 g/mol. The molecule has 2 saturated carbocycles. The summed E-state index contributed by atoms with van der Waals surface area (Å²) in [6, 6.07) is -0.528. The maximum atomic E-state index is 12.5. The second kappa shape index (κ2) is 3.80. The second-order valence-corrected chi connectivity index (χ2v) is 5.99. The van der Waals surface area contributed by atoms with Crippen LogP contribution in [0.3, 0.4) is 0 Å². The van der Waals surface area contributed by atoms with Crippen LogP contribution in [0, 0.1) is 11.8 Å². The van der Waals surface area contributed by atoms with Gasteiger partial charge in [0.1, 0.15) is 5.92 Å². The van der Waals surface area contributed by atoms with Crippen LogP contribution in [0.4, 0.5) is 4.79 Å². The van der Waals surface area contributed by atoms with E-state index in [0.717, 1.165) is 38.5 Å². The zero-order chi connectivity index (χ0) is 12.9. The molecule has 4 amide bonds. The van der Waals surface area contributed by atoms with Gasteiger partial charge in [0.25, 0.3) is 0 Å². The van der Waals surface area contributed by atoms with Crippen LogP contribution in [0.25, 0.3) is 0 Å². The van der Waals surface area contributed by atoms with Crippen LogP contribution in [0.5, 0.6) is 0 Å². The molecule has 5 nitrogen and oxygen atoms in total. The highest BCUT2D eigenvalue weighted by atomic mass is 16.2. The van der Waals surface area contributed by atoms with E-state index in [2.05, 4.69) is 5.32 Å². The fourth-order valence-corrected chi connectivity index (χ4v) is 3.21. The molecule has 18 heavy (non-hydrogen) atoms. The van der Waals surface area contributed by atoms with Crippen LogP contribution in [0.1, 0.15) is 45.4 Å². The van der Waals surface area contributed by atoms with Gasteiger partial charge in [-0.2, -0.15) is 0 Å². The highest BCUT2D eigenvalue weighted by molar-refractivity contribution is 6.16. The molecular formula is C13H18N2O3.